The van der Waals surface area contributed by atoms with Gasteiger partial charge in [-0.05, 0) is 44.0 Å². The molecule has 9 nitrogen and oxygen atoms in total. The Morgan fingerprint density at radius 1 is 1.18 bits per heavy atom. The molecule has 0 aliphatic carbocycles. The van der Waals surface area contributed by atoms with E-state index in [4.69, 9.17) is 13.9 Å². The van der Waals surface area contributed by atoms with E-state index < -0.39 is 45.4 Å². The summed E-state index contributed by atoms with van der Waals surface area (Å²) in [6.45, 7) is 5.16. The van der Waals surface area contributed by atoms with Crippen LogP contribution in [0.2, 0.25) is 0 Å². The first kappa shape index (κ1) is 26.1. The average Bonchev–Trinajstić information content (AvgIpc) is 3.52. The van der Waals surface area contributed by atoms with Crippen molar-refractivity contribution in [3.8, 4) is 0 Å². The fourth-order valence-corrected chi connectivity index (χ4v) is 5.17. The molecule has 11 heteroatoms. The number of nitrogens with one attached hydrogen (secondary N) is 2. The number of amides is 1. The van der Waals surface area contributed by atoms with Crippen molar-refractivity contribution in [2.45, 2.75) is 38.8 Å². The van der Waals surface area contributed by atoms with Gasteiger partial charge in [0.05, 0.1) is 37.6 Å². The van der Waals surface area contributed by atoms with Crippen molar-refractivity contribution in [1.82, 2.24) is 4.90 Å². The lowest BCUT2D eigenvalue weighted by atomic mass is 9.79. The van der Waals surface area contributed by atoms with Crippen molar-refractivity contribution in [2.75, 3.05) is 44.1 Å². The third-order valence-electron chi connectivity index (χ3n) is 7.37. The molecule has 1 amide bonds. The highest BCUT2D eigenvalue weighted by atomic mass is 19.1. The molecular weight excluding hydrogens is 500 g/mol. The number of furan rings is 1. The molecule has 2 aliphatic rings. The number of hydrogen-bond donors (Lipinski definition) is 2. The normalized spacial score (nSPS) is 19.4. The molecule has 5 rings (SSSR count). The molecule has 2 atom stereocenters. The molecule has 0 saturated carbocycles. The van der Waals surface area contributed by atoms with Crippen molar-refractivity contribution >= 4 is 23.0 Å². The van der Waals surface area contributed by atoms with Crippen LogP contribution in [0, 0.1) is 24.0 Å². The number of likely N-dealkylation sites (tertiary alicyclic amines) is 1. The fraction of sp³-hybridized carbons (Fsp3) is 0.444. The van der Waals surface area contributed by atoms with Gasteiger partial charge in [-0.1, -0.05) is 6.92 Å². The van der Waals surface area contributed by atoms with Gasteiger partial charge in [0.2, 0.25) is 0 Å². The van der Waals surface area contributed by atoms with Gasteiger partial charge in [0.1, 0.15) is 34.3 Å². The summed E-state index contributed by atoms with van der Waals surface area (Å²) in [5.74, 6) is -1.72. The highest BCUT2D eigenvalue weighted by Gasteiger charge is 2.45. The monoisotopic (exact) mass is 529 g/mol. The molecular formula is C27H29F2N3O6. The Hall–Kier alpha value is -3.57. The van der Waals surface area contributed by atoms with E-state index in [-0.39, 0.29) is 29.7 Å². The standard InChI is InChI=1S/C27H29F2N3O6/c1-14-6-9-18(38-14)25(27(2)12-37-13-27)31-22-21(23(33)24(22)34)30-17-8-7-16(28)19(20(17)29)26(35)32-10-4-5-15(32)11-36-3/h6-9,15,25,30-31H,4-5,10-13H2,1-3H3/t15-,25?/m0/s1. The number of aryl methyl sites for hydroxylation is 1. The largest absolute Gasteiger partial charge is 0.464 e. The molecule has 1 unspecified atom stereocenters. The second kappa shape index (κ2) is 9.95. The van der Waals surface area contributed by atoms with E-state index in [1.807, 2.05) is 6.92 Å². The minimum absolute atomic E-state index is 0.0431. The molecule has 0 radical (unpaired) electrons. The lowest BCUT2D eigenvalue weighted by Gasteiger charge is -2.44. The molecule has 0 bridgehead atoms. The highest BCUT2D eigenvalue weighted by Crippen LogP contribution is 2.43. The first-order valence-corrected chi connectivity index (χ1v) is 12.4. The van der Waals surface area contributed by atoms with Crippen LogP contribution in [0.3, 0.4) is 0 Å². The minimum atomic E-state index is -1.14. The van der Waals surface area contributed by atoms with Crippen LogP contribution >= 0.6 is 0 Å². The summed E-state index contributed by atoms with van der Waals surface area (Å²) in [5.41, 5.74) is -3.29. The number of carbonyl (C=O) groups excluding carboxylic acids is 1. The summed E-state index contributed by atoms with van der Waals surface area (Å²) < 4.78 is 46.6. The summed E-state index contributed by atoms with van der Waals surface area (Å²) in [4.78, 5) is 39.6. The van der Waals surface area contributed by atoms with Gasteiger partial charge in [-0.2, -0.15) is 0 Å². The first-order valence-electron chi connectivity index (χ1n) is 12.4. The van der Waals surface area contributed by atoms with Crippen LogP contribution in [0.5, 0.6) is 0 Å². The number of halogens is 2. The van der Waals surface area contributed by atoms with Crippen molar-refractivity contribution in [3.63, 3.8) is 0 Å². The zero-order chi connectivity index (χ0) is 27.2. The lowest BCUT2D eigenvalue weighted by Crippen LogP contribution is -2.49. The van der Waals surface area contributed by atoms with Crippen LogP contribution in [0.25, 0.3) is 0 Å². The summed E-state index contributed by atoms with van der Waals surface area (Å²) >= 11 is 0. The predicted molar refractivity (Wildman–Crippen MR) is 136 cm³/mol. The first-order chi connectivity index (χ1) is 18.1. The number of hydrogen-bond acceptors (Lipinski definition) is 8. The molecule has 3 aromatic rings. The van der Waals surface area contributed by atoms with E-state index >= 15 is 4.39 Å². The number of methoxy groups -OCH3 is 1. The van der Waals surface area contributed by atoms with E-state index in [0.717, 1.165) is 12.1 Å². The number of ether oxygens (including phenoxy) is 2. The van der Waals surface area contributed by atoms with Gasteiger partial charge in [-0.3, -0.25) is 14.4 Å². The van der Waals surface area contributed by atoms with Crippen molar-refractivity contribution in [3.05, 3.63) is 73.4 Å². The number of anilines is 3. The van der Waals surface area contributed by atoms with Crippen LogP contribution < -0.4 is 21.5 Å². The van der Waals surface area contributed by atoms with Gasteiger partial charge >= 0.3 is 0 Å². The molecule has 38 heavy (non-hydrogen) atoms. The Bertz CT molecular complexity index is 1440. The zero-order valence-corrected chi connectivity index (χ0v) is 21.4. The lowest BCUT2D eigenvalue weighted by molar-refractivity contribution is -0.115. The summed E-state index contributed by atoms with van der Waals surface area (Å²) in [6, 6.07) is 4.83. The Balaban J connectivity index is 1.44. The van der Waals surface area contributed by atoms with E-state index in [1.165, 1.54) is 12.0 Å². The highest BCUT2D eigenvalue weighted by molar-refractivity contribution is 5.96. The molecule has 2 aliphatic heterocycles. The Morgan fingerprint density at radius 3 is 2.55 bits per heavy atom. The van der Waals surface area contributed by atoms with E-state index in [1.54, 1.807) is 19.1 Å². The van der Waals surface area contributed by atoms with Crippen LogP contribution in [0.4, 0.5) is 25.8 Å². The van der Waals surface area contributed by atoms with E-state index in [0.29, 0.717) is 44.1 Å². The molecule has 2 fully saturated rings. The van der Waals surface area contributed by atoms with Gasteiger partial charge < -0.3 is 29.4 Å². The van der Waals surface area contributed by atoms with Gasteiger partial charge in [-0.25, -0.2) is 8.78 Å². The molecule has 202 valence electrons. The number of benzene rings is 1. The number of carbonyl (C=O) groups is 1. The fourth-order valence-electron chi connectivity index (χ4n) is 5.17. The maximum atomic E-state index is 15.6. The van der Waals surface area contributed by atoms with Crippen LogP contribution in [0.15, 0.2) is 38.3 Å². The van der Waals surface area contributed by atoms with Crippen LogP contribution in [0.1, 0.15) is 47.7 Å². The third-order valence-corrected chi connectivity index (χ3v) is 7.37. The zero-order valence-electron chi connectivity index (χ0n) is 21.4. The average molecular weight is 530 g/mol. The minimum Gasteiger partial charge on any atom is -0.464 e. The topological polar surface area (TPSA) is 110 Å². The van der Waals surface area contributed by atoms with Crippen molar-refractivity contribution in [2.24, 2.45) is 5.41 Å². The molecule has 2 saturated heterocycles. The van der Waals surface area contributed by atoms with Gasteiger partial charge in [0, 0.05) is 19.1 Å². The SMILES string of the molecule is COC[C@@H]1CCCN1C(=O)c1c(F)ccc(Nc2c(NC(c3ccc(C)o3)C3(C)COC3)c(=O)c2=O)c1F. The van der Waals surface area contributed by atoms with Crippen LogP contribution in [-0.2, 0) is 9.47 Å². The Labute approximate surface area is 217 Å². The second-order valence-corrected chi connectivity index (χ2v) is 10.2. The molecule has 3 heterocycles. The summed E-state index contributed by atoms with van der Waals surface area (Å²) in [7, 11) is 1.50. The number of nitrogens with zero attached hydrogens (tertiary/aromatic N) is 1. The molecule has 0 spiro atoms. The van der Waals surface area contributed by atoms with Crippen LogP contribution in [-0.4, -0.2) is 50.3 Å². The van der Waals surface area contributed by atoms with Gasteiger partial charge in [0.15, 0.2) is 5.82 Å². The van der Waals surface area contributed by atoms with Crippen molar-refractivity contribution < 1.29 is 27.5 Å². The molecule has 2 aromatic carbocycles. The number of rotatable bonds is 9. The molecule has 1 aromatic heterocycles. The van der Waals surface area contributed by atoms with E-state index in [2.05, 4.69) is 10.6 Å². The van der Waals surface area contributed by atoms with Crippen molar-refractivity contribution in [1.29, 1.82) is 0 Å². The maximum Gasteiger partial charge on any atom is 0.260 e. The Morgan fingerprint density at radius 2 is 1.92 bits per heavy atom. The predicted octanol–water partition coefficient (Wildman–Crippen LogP) is 3.65. The van der Waals surface area contributed by atoms with Gasteiger partial charge in [-0.15, -0.1) is 0 Å². The smallest absolute Gasteiger partial charge is 0.260 e. The van der Waals surface area contributed by atoms with E-state index in [9.17, 15) is 18.8 Å². The third kappa shape index (κ3) is 4.39. The quantitative estimate of drug-likeness (QED) is 0.405. The second-order valence-electron chi connectivity index (χ2n) is 10.2. The summed E-state index contributed by atoms with van der Waals surface area (Å²) in [6.07, 6.45) is 1.36. The maximum absolute atomic E-state index is 15.6. The van der Waals surface area contributed by atoms with Gasteiger partial charge in [0.25, 0.3) is 16.8 Å². The summed E-state index contributed by atoms with van der Waals surface area (Å²) in [5, 5.41) is 5.72. The Kier molecular flexibility index (Phi) is 6.83. The molecule has 2 N–H and O–H groups in total.